The normalized spacial score (nSPS) is 10.8. The van der Waals surface area contributed by atoms with Crippen molar-refractivity contribution in [3.05, 3.63) is 47.9 Å². The Kier molecular flexibility index (Phi) is 3.58. The van der Waals surface area contributed by atoms with E-state index in [1.165, 1.54) is 5.56 Å². The summed E-state index contributed by atoms with van der Waals surface area (Å²) in [7, 11) is 0. The maximum absolute atomic E-state index is 4.12. The number of aryl methyl sites for hydroxylation is 2. The van der Waals surface area contributed by atoms with Gasteiger partial charge in [-0.15, -0.1) is 0 Å². The van der Waals surface area contributed by atoms with Crippen molar-refractivity contribution in [3.63, 3.8) is 0 Å². The average molecular weight is 267 g/mol. The minimum Gasteiger partial charge on any atom is -0.383 e. The van der Waals surface area contributed by atoms with Gasteiger partial charge in [0.2, 0.25) is 0 Å². The molecule has 0 bridgehead atoms. The third-order valence-corrected chi connectivity index (χ3v) is 3.42. The molecular weight excluding hydrogens is 250 g/mol. The van der Waals surface area contributed by atoms with Crippen LogP contribution < -0.4 is 5.32 Å². The number of hydrogen-bond donors (Lipinski definition) is 2. The molecule has 2 heterocycles. The van der Waals surface area contributed by atoms with E-state index in [1.807, 2.05) is 24.4 Å². The Bertz CT molecular complexity index is 699. The van der Waals surface area contributed by atoms with Gasteiger partial charge in [-0.1, -0.05) is 18.2 Å². The predicted molar refractivity (Wildman–Crippen MR) is 79.7 cm³/mol. The lowest BCUT2D eigenvalue weighted by Crippen LogP contribution is -2.04. The van der Waals surface area contributed by atoms with Gasteiger partial charge in [0.15, 0.2) is 0 Å². The molecule has 0 radical (unpaired) electrons. The van der Waals surface area contributed by atoms with Gasteiger partial charge in [0, 0.05) is 17.6 Å². The SMILES string of the molecule is Cc1[nH]ncc1CCCNc1cnnc2ccccc12. The highest BCUT2D eigenvalue weighted by atomic mass is 15.1. The summed E-state index contributed by atoms with van der Waals surface area (Å²) in [5.74, 6) is 0. The van der Waals surface area contributed by atoms with Crippen LogP contribution in [0.5, 0.6) is 0 Å². The van der Waals surface area contributed by atoms with Gasteiger partial charge in [-0.2, -0.15) is 15.3 Å². The molecule has 0 atom stereocenters. The molecule has 0 spiro atoms. The van der Waals surface area contributed by atoms with Gasteiger partial charge in [0.05, 0.1) is 23.6 Å². The summed E-state index contributed by atoms with van der Waals surface area (Å²) in [5.41, 5.74) is 4.40. The molecule has 1 aromatic carbocycles. The van der Waals surface area contributed by atoms with Crippen LogP contribution in [0.15, 0.2) is 36.7 Å². The molecule has 0 aliphatic rings. The third kappa shape index (κ3) is 2.61. The predicted octanol–water partition coefficient (Wildman–Crippen LogP) is 2.71. The van der Waals surface area contributed by atoms with Crippen LogP contribution in [-0.4, -0.2) is 26.9 Å². The minimum absolute atomic E-state index is 0.903. The zero-order valence-corrected chi connectivity index (χ0v) is 11.4. The van der Waals surface area contributed by atoms with Crippen molar-refractivity contribution >= 4 is 16.6 Å². The molecular formula is C15H17N5. The molecule has 0 unspecified atom stereocenters. The minimum atomic E-state index is 0.903. The van der Waals surface area contributed by atoms with Crippen LogP contribution in [0.3, 0.4) is 0 Å². The van der Waals surface area contributed by atoms with Gasteiger partial charge in [0.1, 0.15) is 0 Å². The number of rotatable bonds is 5. The van der Waals surface area contributed by atoms with E-state index in [0.29, 0.717) is 0 Å². The molecule has 5 nitrogen and oxygen atoms in total. The summed E-state index contributed by atoms with van der Waals surface area (Å²) in [4.78, 5) is 0. The third-order valence-electron chi connectivity index (χ3n) is 3.42. The monoisotopic (exact) mass is 267 g/mol. The van der Waals surface area contributed by atoms with Crippen molar-refractivity contribution < 1.29 is 0 Å². The van der Waals surface area contributed by atoms with Crippen LogP contribution in [0.1, 0.15) is 17.7 Å². The Morgan fingerprint density at radius 1 is 1.20 bits per heavy atom. The number of aromatic amines is 1. The quantitative estimate of drug-likeness (QED) is 0.697. The summed E-state index contributed by atoms with van der Waals surface area (Å²) in [6.07, 6.45) is 5.76. The second kappa shape index (κ2) is 5.69. The molecule has 0 saturated carbocycles. The Morgan fingerprint density at radius 2 is 2.10 bits per heavy atom. The summed E-state index contributed by atoms with van der Waals surface area (Å²) in [6, 6.07) is 8.03. The van der Waals surface area contributed by atoms with E-state index in [1.54, 1.807) is 6.20 Å². The van der Waals surface area contributed by atoms with Crippen LogP contribution in [0.25, 0.3) is 10.9 Å². The lowest BCUT2D eigenvalue weighted by atomic mass is 10.1. The van der Waals surface area contributed by atoms with Crippen molar-refractivity contribution in [2.45, 2.75) is 19.8 Å². The Hall–Kier alpha value is -2.43. The first-order valence-electron chi connectivity index (χ1n) is 6.78. The number of benzene rings is 1. The van der Waals surface area contributed by atoms with Gasteiger partial charge < -0.3 is 5.32 Å². The first kappa shape index (κ1) is 12.6. The van der Waals surface area contributed by atoms with E-state index in [-0.39, 0.29) is 0 Å². The zero-order valence-electron chi connectivity index (χ0n) is 11.4. The standard InChI is InChI=1S/C15H17N5/c1-11-12(9-17-19-11)5-4-8-16-15-10-18-20-14-7-3-2-6-13(14)15/h2-3,6-7,9-10H,4-5,8H2,1H3,(H,16,20)(H,17,19). The fourth-order valence-electron chi connectivity index (χ4n) is 2.28. The van der Waals surface area contributed by atoms with Crippen molar-refractivity contribution in [2.24, 2.45) is 0 Å². The van der Waals surface area contributed by atoms with Crippen LogP contribution in [0.2, 0.25) is 0 Å². The number of fused-ring (bicyclic) bond motifs is 1. The largest absolute Gasteiger partial charge is 0.383 e. The summed E-state index contributed by atoms with van der Waals surface area (Å²) < 4.78 is 0. The van der Waals surface area contributed by atoms with Gasteiger partial charge in [-0.3, -0.25) is 5.10 Å². The van der Waals surface area contributed by atoms with E-state index in [2.05, 4.69) is 38.7 Å². The molecule has 2 N–H and O–H groups in total. The molecule has 0 fully saturated rings. The van der Waals surface area contributed by atoms with Crippen molar-refractivity contribution in [1.29, 1.82) is 0 Å². The summed E-state index contributed by atoms with van der Waals surface area (Å²) >= 11 is 0. The van der Waals surface area contributed by atoms with Gasteiger partial charge >= 0.3 is 0 Å². The maximum Gasteiger partial charge on any atom is 0.0950 e. The van der Waals surface area contributed by atoms with Crippen LogP contribution in [0, 0.1) is 6.92 Å². The molecule has 0 amide bonds. The number of anilines is 1. The summed E-state index contributed by atoms with van der Waals surface area (Å²) in [6.45, 7) is 2.95. The van der Waals surface area contributed by atoms with E-state index in [4.69, 9.17) is 0 Å². The van der Waals surface area contributed by atoms with Crippen molar-refractivity contribution in [2.75, 3.05) is 11.9 Å². The first-order chi connectivity index (χ1) is 9.84. The van der Waals surface area contributed by atoms with Crippen molar-refractivity contribution in [1.82, 2.24) is 20.4 Å². The fourth-order valence-corrected chi connectivity index (χ4v) is 2.28. The molecule has 3 aromatic rings. The molecule has 102 valence electrons. The van der Waals surface area contributed by atoms with Crippen LogP contribution in [-0.2, 0) is 6.42 Å². The van der Waals surface area contributed by atoms with Crippen LogP contribution >= 0.6 is 0 Å². The second-order valence-electron chi connectivity index (χ2n) is 4.83. The smallest absolute Gasteiger partial charge is 0.0950 e. The Labute approximate surface area is 117 Å². The highest BCUT2D eigenvalue weighted by Crippen LogP contribution is 2.19. The number of hydrogen-bond acceptors (Lipinski definition) is 4. The Balaban J connectivity index is 1.62. The lowest BCUT2D eigenvalue weighted by molar-refractivity contribution is 0.856. The molecule has 0 aliphatic carbocycles. The zero-order chi connectivity index (χ0) is 13.8. The molecule has 0 saturated heterocycles. The second-order valence-corrected chi connectivity index (χ2v) is 4.83. The van der Waals surface area contributed by atoms with Crippen LogP contribution in [0.4, 0.5) is 5.69 Å². The topological polar surface area (TPSA) is 66.5 Å². The van der Waals surface area contributed by atoms with Crippen molar-refractivity contribution in [3.8, 4) is 0 Å². The number of nitrogens with zero attached hydrogens (tertiary/aromatic N) is 3. The first-order valence-corrected chi connectivity index (χ1v) is 6.78. The average Bonchev–Trinajstić information content (AvgIpc) is 2.89. The van der Waals surface area contributed by atoms with E-state index < -0.39 is 0 Å². The highest BCUT2D eigenvalue weighted by molar-refractivity contribution is 5.90. The highest BCUT2D eigenvalue weighted by Gasteiger charge is 2.03. The van der Waals surface area contributed by atoms with Gasteiger partial charge in [0.25, 0.3) is 0 Å². The maximum atomic E-state index is 4.12. The van der Waals surface area contributed by atoms with Gasteiger partial charge in [-0.05, 0) is 31.4 Å². The molecule has 0 aliphatic heterocycles. The molecule has 2 aromatic heterocycles. The number of H-pyrrole nitrogens is 1. The Morgan fingerprint density at radius 3 is 2.95 bits per heavy atom. The van der Waals surface area contributed by atoms with E-state index >= 15 is 0 Å². The van der Waals surface area contributed by atoms with Gasteiger partial charge in [-0.25, -0.2) is 0 Å². The lowest BCUT2D eigenvalue weighted by Gasteiger charge is -2.08. The number of aromatic nitrogens is 4. The van der Waals surface area contributed by atoms with E-state index in [0.717, 1.165) is 41.7 Å². The number of nitrogens with one attached hydrogen (secondary N) is 2. The molecule has 20 heavy (non-hydrogen) atoms. The molecule has 3 rings (SSSR count). The van der Waals surface area contributed by atoms with E-state index in [9.17, 15) is 0 Å². The fraction of sp³-hybridized carbons (Fsp3) is 0.267. The molecule has 5 heteroatoms. The summed E-state index contributed by atoms with van der Waals surface area (Å²) in [5, 5.41) is 19.7.